The van der Waals surface area contributed by atoms with Gasteiger partial charge in [0.2, 0.25) is 0 Å². The number of halogens is 2. The third-order valence-corrected chi connectivity index (χ3v) is 2.80. The molecule has 0 heterocycles. The van der Waals surface area contributed by atoms with Crippen molar-refractivity contribution in [3.05, 3.63) is 33.5 Å². The fourth-order valence-electron chi connectivity index (χ4n) is 0.965. The molecular formula is C9H10BrFOS. The molecule has 0 bridgehead atoms. The molecule has 0 aliphatic heterocycles. The van der Waals surface area contributed by atoms with E-state index in [2.05, 4.69) is 15.9 Å². The minimum Gasteiger partial charge on any atom is -0.311 e. The van der Waals surface area contributed by atoms with E-state index < -0.39 is 0 Å². The highest BCUT2D eigenvalue weighted by Gasteiger charge is 2.09. The van der Waals surface area contributed by atoms with Gasteiger partial charge < -0.3 is 4.18 Å². The first kappa shape index (κ1) is 11.0. The summed E-state index contributed by atoms with van der Waals surface area (Å²) in [6.07, 6.45) is 1.81. The fraction of sp³-hybridized carbons (Fsp3) is 0.333. The van der Waals surface area contributed by atoms with Crippen molar-refractivity contribution in [3.8, 4) is 0 Å². The van der Waals surface area contributed by atoms with Crippen molar-refractivity contribution in [2.45, 2.75) is 13.5 Å². The summed E-state index contributed by atoms with van der Waals surface area (Å²) in [5.41, 5.74) is 1.22. The number of hydrogen-bond acceptors (Lipinski definition) is 2. The molecule has 4 heteroatoms. The van der Waals surface area contributed by atoms with Crippen molar-refractivity contribution < 1.29 is 8.57 Å². The van der Waals surface area contributed by atoms with Crippen LogP contribution in [0.2, 0.25) is 0 Å². The second-order valence-corrected chi connectivity index (χ2v) is 4.01. The highest BCUT2D eigenvalue weighted by Crippen LogP contribution is 2.24. The predicted molar refractivity (Wildman–Crippen MR) is 57.1 cm³/mol. The highest BCUT2D eigenvalue weighted by molar-refractivity contribution is 9.10. The topological polar surface area (TPSA) is 9.23 Å². The summed E-state index contributed by atoms with van der Waals surface area (Å²) >= 11 is 4.51. The molecule has 72 valence electrons. The van der Waals surface area contributed by atoms with Crippen LogP contribution in [0.5, 0.6) is 0 Å². The summed E-state index contributed by atoms with van der Waals surface area (Å²) in [6.45, 7) is 2.03. The van der Waals surface area contributed by atoms with E-state index in [1.807, 2.05) is 12.3 Å². The van der Waals surface area contributed by atoms with Crippen molar-refractivity contribution in [3.63, 3.8) is 0 Å². The molecule has 0 unspecified atom stereocenters. The SMILES string of the molecule is CSOCc1c(Br)ccc(C)c1F. The molecular weight excluding hydrogens is 255 g/mol. The van der Waals surface area contributed by atoms with Crippen LogP contribution in [-0.4, -0.2) is 6.26 Å². The van der Waals surface area contributed by atoms with Gasteiger partial charge in [-0.2, -0.15) is 0 Å². The largest absolute Gasteiger partial charge is 0.311 e. The normalized spacial score (nSPS) is 10.5. The second-order valence-electron chi connectivity index (χ2n) is 2.59. The predicted octanol–water partition coefficient (Wildman–Crippen LogP) is 3.69. The molecule has 1 aromatic rings. The first-order valence-corrected chi connectivity index (χ1v) is 5.70. The molecule has 0 fully saturated rings. The zero-order chi connectivity index (χ0) is 9.84. The summed E-state index contributed by atoms with van der Waals surface area (Å²) in [5.74, 6) is -0.191. The van der Waals surface area contributed by atoms with Crippen molar-refractivity contribution in [1.29, 1.82) is 0 Å². The first-order chi connectivity index (χ1) is 6.16. The van der Waals surface area contributed by atoms with Gasteiger partial charge in [-0.1, -0.05) is 22.0 Å². The third-order valence-electron chi connectivity index (χ3n) is 1.70. The molecule has 0 atom stereocenters. The molecule has 13 heavy (non-hydrogen) atoms. The van der Waals surface area contributed by atoms with E-state index in [0.29, 0.717) is 11.1 Å². The Bertz CT molecular complexity index is 304. The van der Waals surface area contributed by atoms with Crippen LogP contribution in [0.25, 0.3) is 0 Å². The van der Waals surface area contributed by atoms with Crippen LogP contribution in [0.15, 0.2) is 16.6 Å². The Kier molecular flexibility index (Phi) is 4.22. The Hall–Kier alpha value is -0.0600. The van der Waals surface area contributed by atoms with Gasteiger partial charge >= 0.3 is 0 Å². The Balaban J connectivity index is 2.96. The van der Waals surface area contributed by atoms with Gasteiger partial charge in [0, 0.05) is 16.3 Å². The molecule has 0 N–H and O–H groups in total. The maximum Gasteiger partial charge on any atom is 0.132 e. The lowest BCUT2D eigenvalue weighted by Crippen LogP contribution is -1.95. The number of rotatable bonds is 3. The quantitative estimate of drug-likeness (QED) is 0.771. The molecule has 1 rings (SSSR count). The molecule has 1 nitrogen and oxygen atoms in total. The number of hydrogen-bond donors (Lipinski definition) is 0. The Morgan fingerprint density at radius 1 is 1.54 bits per heavy atom. The molecule has 0 radical (unpaired) electrons. The van der Waals surface area contributed by atoms with Gasteiger partial charge in [0.05, 0.1) is 6.61 Å². The van der Waals surface area contributed by atoms with Gasteiger partial charge in [-0.15, -0.1) is 0 Å². The van der Waals surface area contributed by atoms with E-state index in [1.165, 1.54) is 12.0 Å². The number of benzene rings is 1. The standard InChI is InChI=1S/C9H10BrFOS/c1-6-3-4-8(10)7(9(6)11)5-12-13-2/h3-4H,5H2,1-2H3. The maximum atomic E-state index is 13.5. The Morgan fingerprint density at radius 3 is 2.85 bits per heavy atom. The van der Waals surface area contributed by atoms with Gasteiger partial charge in [-0.05, 0) is 30.6 Å². The Morgan fingerprint density at radius 2 is 2.23 bits per heavy atom. The summed E-state index contributed by atoms with van der Waals surface area (Å²) in [5, 5.41) is 0. The molecule has 0 aliphatic carbocycles. The van der Waals surface area contributed by atoms with Crippen molar-refractivity contribution in [1.82, 2.24) is 0 Å². The average Bonchev–Trinajstić information content (AvgIpc) is 2.12. The molecule has 0 spiro atoms. The van der Waals surface area contributed by atoms with Gasteiger partial charge in [0.15, 0.2) is 0 Å². The molecule has 0 aromatic heterocycles. The lowest BCUT2D eigenvalue weighted by Gasteiger charge is -2.07. The summed E-state index contributed by atoms with van der Waals surface area (Å²) in [7, 11) is 0. The zero-order valence-electron chi connectivity index (χ0n) is 7.43. The number of aryl methyl sites for hydroxylation is 1. The molecule has 1 aromatic carbocycles. The first-order valence-electron chi connectivity index (χ1n) is 3.76. The third kappa shape index (κ3) is 2.69. The fourth-order valence-corrected chi connectivity index (χ4v) is 1.62. The van der Waals surface area contributed by atoms with E-state index in [4.69, 9.17) is 4.18 Å². The molecule has 0 amide bonds. The monoisotopic (exact) mass is 264 g/mol. The van der Waals surface area contributed by atoms with Crippen LogP contribution in [0.1, 0.15) is 11.1 Å². The maximum absolute atomic E-state index is 13.5. The van der Waals surface area contributed by atoms with E-state index in [1.54, 1.807) is 13.0 Å². The van der Waals surface area contributed by atoms with E-state index >= 15 is 0 Å². The van der Waals surface area contributed by atoms with Crippen LogP contribution in [-0.2, 0) is 10.8 Å². The molecule has 0 aliphatic rings. The second kappa shape index (κ2) is 4.98. The zero-order valence-corrected chi connectivity index (χ0v) is 9.84. The molecule has 0 saturated heterocycles. The summed E-state index contributed by atoms with van der Waals surface area (Å²) in [6, 6.07) is 3.57. The van der Waals surface area contributed by atoms with E-state index in [-0.39, 0.29) is 12.4 Å². The minimum atomic E-state index is -0.191. The lowest BCUT2D eigenvalue weighted by atomic mass is 10.1. The van der Waals surface area contributed by atoms with E-state index in [9.17, 15) is 4.39 Å². The lowest BCUT2D eigenvalue weighted by molar-refractivity contribution is 0.354. The van der Waals surface area contributed by atoms with Crippen molar-refractivity contribution in [2.75, 3.05) is 6.26 Å². The van der Waals surface area contributed by atoms with Crippen LogP contribution in [0.3, 0.4) is 0 Å². The minimum absolute atomic E-state index is 0.191. The van der Waals surface area contributed by atoms with Crippen molar-refractivity contribution in [2.24, 2.45) is 0 Å². The van der Waals surface area contributed by atoms with Gasteiger partial charge in [-0.3, -0.25) is 0 Å². The smallest absolute Gasteiger partial charge is 0.132 e. The van der Waals surface area contributed by atoms with Crippen LogP contribution < -0.4 is 0 Å². The summed E-state index contributed by atoms with van der Waals surface area (Å²) in [4.78, 5) is 0. The van der Waals surface area contributed by atoms with Crippen LogP contribution in [0, 0.1) is 12.7 Å². The van der Waals surface area contributed by atoms with Gasteiger partial charge in [-0.25, -0.2) is 4.39 Å². The average molecular weight is 265 g/mol. The highest BCUT2D eigenvalue weighted by atomic mass is 79.9. The Labute approximate surface area is 90.0 Å². The van der Waals surface area contributed by atoms with Crippen LogP contribution in [0.4, 0.5) is 4.39 Å². The van der Waals surface area contributed by atoms with Crippen LogP contribution >= 0.6 is 28.0 Å². The van der Waals surface area contributed by atoms with Gasteiger partial charge in [0.25, 0.3) is 0 Å². The molecule has 0 saturated carbocycles. The summed E-state index contributed by atoms with van der Waals surface area (Å²) < 4.78 is 19.3. The van der Waals surface area contributed by atoms with Gasteiger partial charge in [0.1, 0.15) is 5.82 Å². The van der Waals surface area contributed by atoms with Crippen molar-refractivity contribution >= 4 is 28.0 Å². The van der Waals surface area contributed by atoms with E-state index in [0.717, 1.165) is 4.47 Å².